The minimum Gasteiger partial charge on any atom is -0.490 e. The average molecular weight is 632 g/mol. The molecular formula is C27H26FIN4O5. The number of nitrogens with zero attached hydrogens (tertiary/aromatic N) is 1. The molecule has 0 saturated carbocycles. The van der Waals surface area contributed by atoms with E-state index in [9.17, 15) is 18.8 Å². The molecule has 0 aromatic heterocycles. The van der Waals surface area contributed by atoms with Gasteiger partial charge in [0.25, 0.3) is 5.91 Å². The van der Waals surface area contributed by atoms with Gasteiger partial charge in [0.1, 0.15) is 5.82 Å². The van der Waals surface area contributed by atoms with E-state index in [-0.39, 0.29) is 18.2 Å². The van der Waals surface area contributed by atoms with Crippen molar-refractivity contribution in [2.24, 2.45) is 5.10 Å². The summed E-state index contributed by atoms with van der Waals surface area (Å²) in [4.78, 5) is 36.5. The maximum atomic E-state index is 13.0. The summed E-state index contributed by atoms with van der Waals surface area (Å²) >= 11 is 2.04. The van der Waals surface area contributed by atoms with E-state index in [1.54, 1.807) is 12.1 Å². The van der Waals surface area contributed by atoms with Gasteiger partial charge in [-0.25, -0.2) is 9.82 Å². The molecule has 0 aliphatic rings. The fraction of sp³-hybridized carbons (Fsp3) is 0.185. The Hall–Kier alpha value is -4.00. The smallest absolute Gasteiger partial charge is 0.329 e. The number of benzene rings is 3. The summed E-state index contributed by atoms with van der Waals surface area (Å²) in [6.45, 7) is 5.84. The van der Waals surface area contributed by atoms with Gasteiger partial charge in [-0.1, -0.05) is 6.07 Å². The Kier molecular flexibility index (Phi) is 10.2. The number of amides is 3. The number of carbonyl (C=O) groups excluding carboxylic acids is 3. The van der Waals surface area contributed by atoms with Crippen LogP contribution in [0.5, 0.6) is 11.5 Å². The number of ether oxygens (including phenoxy) is 2. The predicted molar refractivity (Wildman–Crippen MR) is 151 cm³/mol. The van der Waals surface area contributed by atoms with Crippen LogP contribution in [0.4, 0.5) is 15.8 Å². The minimum absolute atomic E-state index is 0.226. The van der Waals surface area contributed by atoms with Crippen LogP contribution in [0, 0.1) is 23.2 Å². The van der Waals surface area contributed by atoms with Gasteiger partial charge in [-0.2, -0.15) is 5.10 Å². The summed E-state index contributed by atoms with van der Waals surface area (Å²) in [5.74, 6) is -1.96. The molecule has 3 rings (SSSR count). The minimum atomic E-state index is -1.000. The van der Waals surface area contributed by atoms with Crippen LogP contribution in [0.15, 0.2) is 59.7 Å². The summed E-state index contributed by atoms with van der Waals surface area (Å²) in [5.41, 5.74) is 5.73. The monoisotopic (exact) mass is 632 g/mol. The molecule has 3 aromatic rings. The first-order valence-electron chi connectivity index (χ1n) is 11.5. The van der Waals surface area contributed by atoms with E-state index in [4.69, 9.17) is 9.47 Å². The highest BCUT2D eigenvalue weighted by atomic mass is 127. The fourth-order valence-electron chi connectivity index (χ4n) is 3.38. The zero-order chi connectivity index (χ0) is 27.7. The fourth-order valence-corrected chi connectivity index (χ4v) is 4.17. The van der Waals surface area contributed by atoms with Gasteiger partial charge in [0.15, 0.2) is 18.1 Å². The molecule has 0 spiro atoms. The third-order valence-electron chi connectivity index (χ3n) is 4.87. The first-order valence-corrected chi connectivity index (χ1v) is 12.6. The quantitative estimate of drug-likeness (QED) is 0.139. The molecule has 9 nitrogen and oxygen atoms in total. The molecule has 0 unspecified atom stereocenters. The molecule has 0 fully saturated rings. The van der Waals surface area contributed by atoms with Crippen LogP contribution in [-0.4, -0.2) is 37.1 Å². The van der Waals surface area contributed by atoms with E-state index in [1.807, 2.05) is 61.6 Å². The summed E-state index contributed by atoms with van der Waals surface area (Å²) in [6.07, 6.45) is 1.34. The highest BCUT2D eigenvalue weighted by Gasteiger charge is 2.15. The van der Waals surface area contributed by atoms with Crippen molar-refractivity contribution in [3.63, 3.8) is 0 Å². The third kappa shape index (κ3) is 8.54. The van der Waals surface area contributed by atoms with Crippen molar-refractivity contribution >= 4 is 57.9 Å². The lowest BCUT2D eigenvalue weighted by Crippen LogP contribution is -2.32. The summed E-state index contributed by atoms with van der Waals surface area (Å²) in [7, 11) is 0. The Bertz CT molecular complexity index is 1340. The lowest BCUT2D eigenvalue weighted by molar-refractivity contribution is -0.136. The number of carbonyl (C=O) groups is 3. The van der Waals surface area contributed by atoms with E-state index in [2.05, 4.69) is 21.2 Å². The highest BCUT2D eigenvalue weighted by Crippen LogP contribution is 2.34. The first-order chi connectivity index (χ1) is 18.1. The molecule has 198 valence electrons. The van der Waals surface area contributed by atoms with Crippen molar-refractivity contribution in [3.8, 4) is 11.5 Å². The lowest BCUT2D eigenvalue weighted by Gasteiger charge is -2.15. The Morgan fingerprint density at radius 3 is 2.26 bits per heavy atom. The van der Waals surface area contributed by atoms with Crippen LogP contribution >= 0.6 is 22.6 Å². The number of aryl methyl sites for hydroxylation is 2. The van der Waals surface area contributed by atoms with Gasteiger partial charge in [0.05, 0.1) is 16.4 Å². The predicted octanol–water partition coefficient (Wildman–Crippen LogP) is 4.55. The van der Waals surface area contributed by atoms with Crippen molar-refractivity contribution in [2.45, 2.75) is 20.8 Å². The van der Waals surface area contributed by atoms with Gasteiger partial charge in [0.2, 0.25) is 0 Å². The number of anilines is 2. The second-order valence-corrected chi connectivity index (χ2v) is 9.30. The van der Waals surface area contributed by atoms with Crippen molar-refractivity contribution in [1.29, 1.82) is 0 Å². The standard InChI is InChI=1S/C27H26FIN4O5/c1-4-37-23-13-18(14-30-33-27(36)26(35)32-20-7-5-19(28)6-8-20)12-22(29)25(23)38-15-24(34)31-21-10-16(2)9-17(3)11-21/h5-14H,4,15H2,1-3H3,(H,31,34)(H,32,35)(H,33,36)/b30-14-. The molecule has 3 amide bonds. The molecule has 0 saturated heterocycles. The Labute approximate surface area is 232 Å². The molecule has 0 radical (unpaired) electrons. The molecule has 38 heavy (non-hydrogen) atoms. The maximum Gasteiger partial charge on any atom is 0.329 e. The van der Waals surface area contributed by atoms with Crippen molar-refractivity contribution in [2.75, 3.05) is 23.8 Å². The average Bonchev–Trinajstić information content (AvgIpc) is 2.84. The zero-order valence-corrected chi connectivity index (χ0v) is 23.1. The Morgan fingerprint density at radius 2 is 1.61 bits per heavy atom. The van der Waals surface area contributed by atoms with Gasteiger partial charge in [-0.05, 0) is 109 Å². The largest absolute Gasteiger partial charge is 0.490 e. The van der Waals surface area contributed by atoms with Crippen molar-refractivity contribution in [3.05, 3.63) is 80.7 Å². The molecule has 0 atom stereocenters. The number of nitrogens with one attached hydrogen (secondary N) is 3. The third-order valence-corrected chi connectivity index (χ3v) is 5.67. The van der Waals surface area contributed by atoms with Crippen LogP contribution in [0.2, 0.25) is 0 Å². The summed E-state index contributed by atoms with van der Waals surface area (Å²) < 4.78 is 25.1. The number of hydrogen-bond acceptors (Lipinski definition) is 6. The van der Waals surface area contributed by atoms with Gasteiger partial charge < -0.3 is 20.1 Å². The summed E-state index contributed by atoms with van der Waals surface area (Å²) in [5, 5.41) is 8.98. The van der Waals surface area contributed by atoms with Gasteiger partial charge in [-0.3, -0.25) is 14.4 Å². The molecule has 0 aliphatic heterocycles. The zero-order valence-electron chi connectivity index (χ0n) is 20.9. The normalized spacial score (nSPS) is 10.7. The van der Waals surface area contributed by atoms with Crippen LogP contribution in [-0.2, 0) is 14.4 Å². The Morgan fingerprint density at radius 1 is 0.921 bits per heavy atom. The van der Waals surface area contributed by atoms with E-state index in [0.717, 1.165) is 23.3 Å². The molecule has 0 bridgehead atoms. The topological polar surface area (TPSA) is 118 Å². The van der Waals surface area contributed by atoms with E-state index in [0.29, 0.717) is 32.9 Å². The second-order valence-electron chi connectivity index (χ2n) is 8.14. The molecule has 3 aromatic carbocycles. The molecule has 0 heterocycles. The van der Waals surface area contributed by atoms with E-state index in [1.165, 1.54) is 18.3 Å². The van der Waals surface area contributed by atoms with Crippen LogP contribution < -0.4 is 25.5 Å². The lowest BCUT2D eigenvalue weighted by atomic mass is 10.1. The van der Waals surface area contributed by atoms with Crippen molar-refractivity contribution < 1.29 is 28.2 Å². The summed E-state index contributed by atoms with van der Waals surface area (Å²) in [6, 6.07) is 14.1. The first kappa shape index (κ1) is 28.6. The molecule has 11 heteroatoms. The van der Waals surface area contributed by atoms with Gasteiger partial charge >= 0.3 is 11.8 Å². The number of hydrogen-bond donors (Lipinski definition) is 3. The van der Waals surface area contributed by atoms with Crippen LogP contribution in [0.25, 0.3) is 0 Å². The SMILES string of the molecule is CCOc1cc(/C=N\NC(=O)C(=O)Nc2ccc(F)cc2)cc(I)c1OCC(=O)Nc1cc(C)cc(C)c1. The van der Waals surface area contributed by atoms with Gasteiger partial charge in [0, 0.05) is 11.4 Å². The van der Waals surface area contributed by atoms with E-state index >= 15 is 0 Å². The number of rotatable bonds is 9. The second kappa shape index (κ2) is 13.5. The van der Waals surface area contributed by atoms with Crippen LogP contribution in [0.3, 0.4) is 0 Å². The number of hydrazone groups is 1. The molecular weight excluding hydrogens is 606 g/mol. The maximum absolute atomic E-state index is 13.0. The number of halogens is 2. The molecule has 3 N–H and O–H groups in total. The molecule has 0 aliphatic carbocycles. The van der Waals surface area contributed by atoms with Crippen LogP contribution in [0.1, 0.15) is 23.6 Å². The van der Waals surface area contributed by atoms with E-state index < -0.39 is 17.6 Å². The Balaban J connectivity index is 1.61. The highest BCUT2D eigenvalue weighted by molar-refractivity contribution is 14.1. The van der Waals surface area contributed by atoms with Crippen molar-refractivity contribution in [1.82, 2.24) is 5.43 Å². The van der Waals surface area contributed by atoms with Gasteiger partial charge in [-0.15, -0.1) is 0 Å².